The van der Waals surface area contributed by atoms with Crippen molar-refractivity contribution in [3.05, 3.63) is 54.1 Å². The molecule has 25 heavy (non-hydrogen) atoms. The summed E-state index contributed by atoms with van der Waals surface area (Å²) in [6.07, 6.45) is -4.57. The molecule has 0 aromatic heterocycles. The van der Waals surface area contributed by atoms with Crippen LogP contribution in [0.5, 0.6) is 0 Å². The average Bonchev–Trinajstić information content (AvgIpc) is 2.53. The van der Waals surface area contributed by atoms with Crippen LogP contribution in [0.3, 0.4) is 0 Å². The van der Waals surface area contributed by atoms with Crippen LogP contribution in [-0.4, -0.2) is 21.4 Å². The molecule has 0 saturated heterocycles. The van der Waals surface area contributed by atoms with E-state index in [-0.39, 0.29) is 16.5 Å². The van der Waals surface area contributed by atoms with Crippen molar-refractivity contribution in [2.24, 2.45) is 0 Å². The predicted octanol–water partition coefficient (Wildman–Crippen LogP) is 3.49. The number of hydrogen-bond donors (Lipinski definition) is 1. The van der Waals surface area contributed by atoms with E-state index in [9.17, 15) is 26.4 Å². The fourth-order valence-corrected chi connectivity index (χ4v) is 3.05. The Labute approximate surface area is 143 Å². The van der Waals surface area contributed by atoms with Gasteiger partial charge in [-0.05, 0) is 42.5 Å². The van der Waals surface area contributed by atoms with Gasteiger partial charge in [-0.15, -0.1) is 0 Å². The normalized spacial score (nSPS) is 11.9. The van der Waals surface area contributed by atoms with Crippen molar-refractivity contribution in [3.63, 3.8) is 0 Å². The number of alkyl halides is 3. The van der Waals surface area contributed by atoms with Crippen molar-refractivity contribution in [1.29, 1.82) is 0 Å². The number of nitrogens with one attached hydrogen (secondary N) is 1. The molecule has 1 amide bonds. The van der Waals surface area contributed by atoms with E-state index in [1.54, 1.807) is 0 Å². The van der Waals surface area contributed by atoms with E-state index in [0.29, 0.717) is 5.69 Å². The lowest BCUT2D eigenvalue weighted by Gasteiger charge is -2.15. The maximum absolute atomic E-state index is 12.7. The number of halogens is 3. The molecule has 0 aliphatic heterocycles. The van der Waals surface area contributed by atoms with Crippen molar-refractivity contribution in [2.45, 2.75) is 18.0 Å². The summed E-state index contributed by atoms with van der Waals surface area (Å²) in [5.41, 5.74) is -0.656. The van der Waals surface area contributed by atoms with Crippen LogP contribution in [0.2, 0.25) is 0 Å². The summed E-state index contributed by atoms with van der Waals surface area (Å²) in [7, 11) is -2.52. The molecule has 0 unspecified atom stereocenters. The molecular weight excluding hydrogens is 357 g/mol. The maximum Gasteiger partial charge on any atom is 0.416 e. The number of sulfonamides is 1. The quantitative estimate of drug-likeness (QED) is 0.893. The zero-order valence-corrected chi connectivity index (χ0v) is 14.1. The smallest absolute Gasteiger partial charge is 0.316 e. The average molecular weight is 372 g/mol. The second-order valence-corrected chi connectivity index (χ2v) is 6.94. The number of anilines is 2. The van der Waals surface area contributed by atoms with Gasteiger partial charge in [-0.2, -0.15) is 13.2 Å². The third kappa shape index (κ3) is 4.50. The number of carbonyl (C=O) groups is 1. The van der Waals surface area contributed by atoms with E-state index < -0.39 is 21.8 Å². The Morgan fingerprint density at radius 3 is 2.20 bits per heavy atom. The van der Waals surface area contributed by atoms with Crippen molar-refractivity contribution < 1.29 is 26.4 Å². The van der Waals surface area contributed by atoms with Crippen LogP contribution >= 0.6 is 0 Å². The Balaban J connectivity index is 2.26. The van der Waals surface area contributed by atoms with Crippen molar-refractivity contribution in [1.82, 2.24) is 0 Å². The summed E-state index contributed by atoms with van der Waals surface area (Å²) in [5.74, 6) is -0.224. The molecule has 0 aliphatic rings. The fourth-order valence-electron chi connectivity index (χ4n) is 2.00. The summed E-state index contributed by atoms with van der Waals surface area (Å²) in [4.78, 5) is 12.5. The fraction of sp³-hybridized carbons (Fsp3) is 0.188. The lowest BCUT2D eigenvalue weighted by Crippen LogP contribution is -2.22. The highest BCUT2D eigenvalue weighted by Crippen LogP contribution is 2.31. The van der Waals surface area contributed by atoms with Gasteiger partial charge in [0, 0.05) is 25.3 Å². The highest BCUT2D eigenvalue weighted by atomic mass is 32.2. The highest BCUT2D eigenvalue weighted by Gasteiger charge is 2.30. The van der Waals surface area contributed by atoms with Gasteiger partial charge in [0.1, 0.15) is 0 Å². The van der Waals surface area contributed by atoms with Crippen LogP contribution < -0.4 is 9.62 Å². The van der Waals surface area contributed by atoms with E-state index in [0.717, 1.165) is 18.2 Å². The van der Waals surface area contributed by atoms with Gasteiger partial charge in [-0.25, -0.2) is 8.42 Å². The third-order valence-electron chi connectivity index (χ3n) is 3.45. The lowest BCUT2D eigenvalue weighted by atomic mass is 10.2. The first kappa shape index (κ1) is 18.8. The van der Waals surface area contributed by atoms with Gasteiger partial charge in [0.2, 0.25) is 5.91 Å². The van der Waals surface area contributed by atoms with E-state index in [1.807, 2.05) is 0 Å². The summed E-state index contributed by atoms with van der Waals surface area (Å²) in [5, 5.41) is 0. The Bertz CT molecular complexity index is 878. The molecule has 2 rings (SSSR count). The summed E-state index contributed by atoms with van der Waals surface area (Å²) in [6, 6.07) is 9.32. The van der Waals surface area contributed by atoms with Gasteiger partial charge in [-0.3, -0.25) is 9.52 Å². The summed E-state index contributed by atoms with van der Waals surface area (Å²) >= 11 is 0. The molecule has 2 aromatic carbocycles. The van der Waals surface area contributed by atoms with Gasteiger partial charge >= 0.3 is 6.18 Å². The van der Waals surface area contributed by atoms with Crippen LogP contribution in [0.25, 0.3) is 0 Å². The van der Waals surface area contributed by atoms with Crippen LogP contribution in [0, 0.1) is 0 Å². The van der Waals surface area contributed by atoms with Crippen LogP contribution in [-0.2, 0) is 21.0 Å². The van der Waals surface area contributed by atoms with Crippen molar-refractivity contribution in [2.75, 3.05) is 16.7 Å². The predicted molar refractivity (Wildman–Crippen MR) is 87.8 cm³/mol. The van der Waals surface area contributed by atoms with Crippen molar-refractivity contribution in [3.8, 4) is 0 Å². The lowest BCUT2D eigenvalue weighted by molar-refractivity contribution is -0.137. The molecule has 9 heteroatoms. The first-order chi connectivity index (χ1) is 11.5. The summed E-state index contributed by atoms with van der Waals surface area (Å²) < 4.78 is 64.8. The minimum Gasteiger partial charge on any atom is -0.316 e. The zero-order chi connectivity index (χ0) is 18.8. The number of nitrogens with zero attached hydrogens (tertiary/aromatic N) is 1. The molecule has 1 N–H and O–H groups in total. The number of carbonyl (C=O) groups excluding carboxylic acids is 1. The number of amides is 1. The second-order valence-electron chi connectivity index (χ2n) is 5.26. The minimum atomic E-state index is -4.57. The van der Waals surface area contributed by atoms with Gasteiger partial charge in [0.05, 0.1) is 10.5 Å². The van der Waals surface area contributed by atoms with Gasteiger partial charge in [-0.1, -0.05) is 6.07 Å². The molecule has 0 aliphatic carbocycles. The minimum absolute atomic E-state index is 0.134. The van der Waals surface area contributed by atoms with Gasteiger partial charge < -0.3 is 4.90 Å². The topological polar surface area (TPSA) is 66.5 Å². The molecule has 0 fully saturated rings. The summed E-state index contributed by atoms with van der Waals surface area (Å²) in [6.45, 7) is 1.36. The third-order valence-corrected chi connectivity index (χ3v) is 4.85. The number of hydrogen-bond acceptors (Lipinski definition) is 3. The maximum atomic E-state index is 12.7. The highest BCUT2D eigenvalue weighted by molar-refractivity contribution is 7.92. The van der Waals surface area contributed by atoms with Crippen LogP contribution in [0.4, 0.5) is 24.5 Å². The monoisotopic (exact) mass is 372 g/mol. The number of benzene rings is 2. The Morgan fingerprint density at radius 2 is 1.68 bits per heavy atom. The van der Waals surface area contributed by atoms with Crippen LogP contribution in [0.15, 0.2) is 53.4 Å². The molecular formula is C16H15F3N2O3S. The molecule has 0 spiro atoms. The van der Waals surface area contributed by atoms with Crippen molar-refractivity contribution >= 4 is 27.3 Å². The molecule has 0 heterocycles. The first-order valence-electron chi connectivity index (χ1n) is 7.05. The van der Waals surface area contributed by atoms with E-state index in [4.69, 9.17) is 0 Å². The standard InChI is InChI=1S/C16H15F3N2O3S/c1-11(22)21(2)14-6-8-15(9-7-14)25(23,24)20-13-5-3-4-12(10-13)16(17,18)19/h3-10,20H,1-2H3. The number of rotatable bonds is 4. The van der Waals surface area contributed by atoms with E-state index in [2.05, 4.69) is 4.72 Å². The molecule has 0 atom stereocenters. The Hall–Kier alpha value is -2.55. The van der Waals surface area contributed by atoms with E-state index >= 15 is 0 Å². The second kappa shape index (κ2) is 6.75. The molecule has 0 bridgehead atoms. The Morgan fingerprint density at radius 1 is 1.08 bits per heavy atom. The van der Waals surface area contributed by atoms with Gasteiger partial charge in [0.15, 0.2) is 0 Å². The first-order valence-corrected chi connectivity index (χ1v) is 8.53. The van der Waals surface area contributed by atoms with E-state index in [1.165, 1.54) is 49.2 Å². The van der Waals surface area contributed by atoms with Gasteiger partial charge in [0.25, 0.3) is 10.0 Å². The largest absolute Gasteiger partial charge is 0.416 e. The Kier molecular flexibility index (Phi) is 5.07. The zero-order valence-electron chi connectivity index (χ0n) is 13.3. The molecule has 5 nitrogen and oxygen atoms in total. The molecule has 134 valence electrons. The van der Waals surface area contributed by atoms with Crippen LogP contribution in [0.1, 0.15) is 12.5 Å². The SMILES string of the molecule is CC(=O)N(C)c1ccc(S(=O)(=O)Nc2cccc(C(F)(F)F)c2)cc1. The molecule has 0 saturated carbocycles. The molecule has 0 radical (unpaired) electrons. The molecule has 2 aromatic rings.